The van der Waals surface area contributed by atoms with Crippen LogP contribution in [0.4, 0.5) is 5.69 Å². The predicted octanol–water partition coefficient (Wildman–Crippen LogP) is 4.87. The van der Waals surface area contributed by atoms with Crippen molar-refractivity contribution >= 4 is 23.2 Å². The fourth-order valence-corrected chi connectivity index (χ4v) is 2.59. The van der Waals surface area contributed by atoms with Crippen LogP contribution in [-0.2, 0) is 17.6 Å². The molecule has 1 amide bonds. The van der Waals surface area contributed by atoms with Gasteiger partial charge in [0.1, 0.15) is 5.75 Å². The van der Waals surface area contributed by atoms with Crippen LogP contribution in [0.15, 0.2) is 42.5 Å². The molecule has 0 saturated heterocycles. The molecule has 4 heteroatoms. The molecular weight excluding hydrogens is 310 g/mol. The maximum Gasteiger partial charge on any atom is 0.265 e. The lowest BCUT2D eigenvalue weighted by Crippen LogP contribution is -2.31. The first-order valence-corrected chi connectivity index (χ1v) is 8.27. The van der Waals surface area contributed by atoms with E-state index >= 15 is 0 Å². The number of benzene rings is 2. The van der Waals surface area contributed by atoms with Crippen LogP contribution < -0.4 is 10.1 Å². The molecule has 0 saturated carbocycles. The number of hydrogen-bond acceptors (Lipinski definition) is 2. The van der Waals surface area contributed by atoms with Crippen LogP contribution in [0, 0.1) is 0 Å². The van der Waals surface area contributed by atoms with Gasteiger partial charge in [0.2, 0.25) is 0 Å². The third kappa shape index (κ3) is 4.26. The zero-order valence-electron chi connectivity index (χ0n) is 13.7. The number of amides is 1. The molecule has 0 aliphatic carbocycles. The number of nitrogens with one attached hydrogen (secondary N) is 1. The van der Waals surface area contributed by atoms with Gasteiger partial charge in [-0.2, -0.15) is 0 Å². The predicted molar refractivity (Wildman–Crippen MR) is 95.4 cm³/mol. The van der Waals surface area contributed by atoms with Gasteiger partial charge in [0.15, 0.2) is 6.10 Å². The summed E-state index contributed by atoms with van der Waals surface area (Å²) in [6.45, 7) is 5.88. The van der Waals surface area contributed by atoms with Crippen molar-refractivity contribution in [2.75, 3.05) is 5.32 Å². The van der Waals surface area contributed by atoms with Crippen molar-refractivity contribution < 1.29 is 9.53 Å². The van der Waals surface area contributed by atoms with Crippen molar-refractivity contribution in [1.82, 2.24) is 0 Å². The fraction of sp³-hybridized carbons (Fsp3) is 0.316. The Hall–Kier alpha value is -2.00. The molecule has 0 radical (unpaired) electrons. The van der Waals surface area contributed by atoms with Crippen molar-refractivity contribution in [3.05, 3.63) is 58.6 Å². The summed E-state index contributed by atoms with van der Waals surface area (Å²) in [5.74, 6) is 0.330. The Morgan fingerprint density at radius 3 is 2.26 bits per heavy atom. The summed E-state index contributed by atoms with van der Waals surface area (Å²) in [5, 5.41) is 3.51. The first-order chi connectivity index (χ1) is 11.1. The van der Waals surface area contributed by atoms with E-state index in [1.807, 2.05) is 30.3 Å². The summed E-state index contributed by atoms with van der Waals surface area (Å²) in [4.78, 5) is 12.5. The van der Waals surface area contributed by atoms with E-state index in [-0.39, 0.29) is 5.91 Å². The topological polar surface area (TPSA) is 38.3 Å². The van der Waals surface area contributed by atoms with E-state index in [1.165, 1.54) is 0 Å². The van der Waals surface area contributed by atoms with Crippen molar-refractivity contribution in [1.29, 1.82) is 0 Å². The molecule has 0 aliphatic rings. The lowest BCUT2D eigenvalue weighted by atomic mass is 10.0. The van der Waals surface area contributed by atoms with Gasteiger partial charge in [-0.15, -0.1) is 0 Å². The summed E-state index contributed by atoms with van der Waals surface area (Å²) >= 11 is 6.07. The third-order valence-corrected chi connectivity index (χ3v) is 4.07. The second-order valence-electron chi connectivity index (χ2n) is 5.34. The highest BCUT2D eigenvalue weighted by atomic mass is 35.5. The number of anilines is 1. The van der Waals surface area contributed by atoms with E-state index in [2.05, 4.69) is 19.2 Å². The number of para-hydroxylation sites is 2. The maximum atomic E-state index is 12.5. The number of aryl methyl sites for hydroxylation is 2. The second kappa shape index (κ2) is 8.02. The molecule has 0 unspecified atom stereocenters. The van der Waals surface area contributed by atoms with Gasteiger partial charge >= 0.3 is 0 Å². The van der Waals surface area contributed by atoms with Crippen molar-refractivity contribution in [2.45, 2.75) is 39.7 Å². The zero-order valence-corrected chi connectivity index (χ0v) is 14.5. The summed E-state index contributed by atoms with van der Waals surface area (Å²) in [6.07, 6.45) is 1.09. The molecule has 0 aliphatic heterocycles. The summed E-state index contributed by atoms with van der Waals surface area (Å²) in [6, 6.07) is 13.2. The largest absolute Gasteiger partial charge is 0.479 e. The van der Waals surface area contributed by atoms with Crippen LogP contribution in [0.2, 0.25) is 5.02 Å². The highest BCUT2D eigenvalue weighted by Crippen LogP contribution is 2.26. The summed E-state index contributed by atoms with van der Waals surface area (Å²) < 4.78 is 5.68. The number of carbonyl (C=O) groups excluding carboxylic acids is 1. The average Bonchev–Trinajstić information content (AvgIpc) is 2.56. The normalized spacial score (nSPS) is 11.8. The Morgan fingerprint density at radius 2 is 1.70 bits per heavy atom. The molecule has 1 atom stereocenters. The van der Waals surface area contributed by atoms with Gasteiger partial charge in [0, 0.05) is 5.69 Å². The standard InChI is InChI=1S/C19H22ClNO2/c1-4-14-9-8-10-15(5-2)18(14)21-19(22)13(3)23-17-12-7-6-11-16(17)20/h6-13H,4-5H2,1-3H3,(H,21,22)/t13-/m0/s1. The smallest absolute Gasteiger partial charge is 0.265 e. The summed E-state index contributed by atoms with van der Waals surface area (Å²) in [5.41, 5.74) is 3.15. The van der Waals surface area contributed by atoms with Crippen LogP contribution in [0.1, 0.15) is 31.9 Å². The van der Waals surface area contributed by atoms with E-state index in [9.17, 15) is 4.79 Å². The van der Waals surface area contributed by atoms with Crippen molar-refractivity contribution in [2.24, 2.45) is 0 Å². The molecule has 1 N–H and O–H groups in total. The molecule has 2 rings (SSSR count). The Labute approximate surface area is 142 Å². The molecule has 3 nitrogen and oxygen atoms in total. The average molecular weight is 332 g/mol. The molecule has 0 aromatic heterocycles. The van der Waals surface area contributed by atoms with Gasteiger partial charge in [-0.1, -0.05) is 55.8 Å². The minimum atomic E-state index is -0.635. The van der Waals surface area contributed by atoms with Crippen LogP contribution in [0.5, 0.6) is 5.75 Å². The van der Waals surface area contributed by atoms with Gasteiger partial charge < -0.3 is 10.1 Å². The molecule has 0 heterocycles. The number of rotatable bonds is 6. The van der Waals surface area contributed by atoms with E-state index in [0.717, 1.165) is 29.7 Å². The molecule has 122 valence electrons. The third-order valence-electron chi connectivity index (χ3n) is 3.76. The Bertz CT molecular complexity index is 663. The van der Waals surface area contributed by atoms with Gasteiger partial charge in [0.25, 0.3) is 5.91 Å². The minimum absolute atomic E-state index is 0.180. The van der Waals surface area contributed by atoms with E-state index in [1.54, 1.807) is 19.1 Å². The summed E-state index contributed by atoms with van der Waals surface area (Å²) in [7, 11) is 0. The highest BCUT2D eigenvalue weighted by Gasteiger charge is 2.18. The van der Waals surface area contributed by atoms with Crippen LogP contribution >= 0.6 is 11.6 Å². The van der Waals surface area contributed by atoms with Crippen molar-refractivity contribution in [3.63, 3.8) is 0 Å². The van der Waals surface area contributed by atoms with E-state index in [4.69, 9.17) is 16.3 Å². The van der Waals surface area contributed by atoms with Crippen LogP contribution in [-0.4, -0.2) is 12.0 Å². The zero-order chi connectivity index (χ0) is 16.8. The molecule has 2 aromatic rings. The SMILES string of the molecule is CCc1cccc(CC)c1NC(=O)[C@H](C)Oc1ccccc1Cl. The van der Waals surface area contributed by atoms with Crippen LogP contribution in [0.25, 0.3) is 0 Å². The number of halogens is 1. The number of carbonyl (C=O) groups is 1. The Balaban J connectivity index is 2.14. The highest BCUT2D eigenvalue weighted by molar-refractivity contribution is 6.32. The first-order valence-electron chi connectivity index (χ1n) is 7.89. The molecular formula is C19H22ClNO2. The van der Waals surface area contributed by atoms with Gasteiger partial charge in [0.05, 0.1) is 5.02 Å². The van der Waals surface area contributed by atoms with Crippen LogP contribution in [0.3, 0.4) is 0 Å². The molecule has 0 spiro atoms. The molecule has 2 aromatic carbocycles. The fourth-order valence-electron chi connectivity index (χ4n) is 2.41. The van der Waals surface area contributed by atoms with Crippen molar-refractivity contribution in [3.8, 4) is 5.75 Å². The Morgan fingerprint density at radius 1 is 1.09 bits per heavy atom. The van der Waals surface area contributed by atoms with E-state index in [0.29, 0.717) is 10.8 Å². The lowest BCUT2D eigenvalue weighted by molar-refractivity contribution is -0.122. The first kappa shape index (κ1) is 17.4. The maximum absolute atomic E-state index is 12.5. The van der Waals surface area contributed by atoms with E-state index < -0.39 is 6.10 Å². The van der Waals surface area contributed by atoms with Gasteiger partial charge in [-0.25, -0.2) is 0 Å². The Kier molecular flexibility index (Phi) is 6.05. The molecule has 23 heavy (non-hydrogen) atoms. The minimum Gasteiger partial charge on any atom is -0.479 e. The molecule has 0 bridgehead atoms. The van der Waals surface area contributed by atoms with Gasteiger partial charge in [-0.05, 0) is 43.0 Å². The second-order valence-corrected chi connectivity index (χ2v) is 5.75. The van der Waals surface area contributed by atoms with Gasteiger partial charge in [-0.3, -0.25) is 4.79 Å². The molecule has 0 fully saturated rings. The number of hydrogen-bond donors (Lipinski definition) is 1. The lowest BCUT2D eigenvalue weighted by Gasteiger charge is -2.19. The number of ether oxygens (including phenoxy) is 1. The quantitative estimate of drug-likeness (QED) is 0.820. The monoisotopic (exact) mass is 331 g/mol.